The predicted molar refractivity (Wildman–Crippen MR) is 91.2 cm³/mol. The van der Waals surface area contributed by atoms with Crippen molar-refractivity contribution in [1.29, 1.82) is 0 Å². The Hall–Kier alpha value is -2.49. The summed E-state index contributed by atoms with van der Waals surface area (Å²) in [5.41, 5.74) is 2.28. The van der Waals surface area contributed by atoms with E-state index in [-0.39, 0.29) is 12.1 Å². The Bertz CT molecular complexity index is 681. The van der Waals surface area contributed by atoms with Gasteiger partial charge in [-0.2, -0.15) is 0 Å². The highest BCUT2D eigenvalue weighted by Crippen LogP contribution is 2.32. The van der Waals surface area contributed by atoms with E-state index >= 15 is 0 Å². The lowest BCUT2D eigenvalue weighted by Crippen LogP contribution is -2.26. The van der Waals surface area contributed by atoms with Gasteiger partial charge >= 0.3 is 5.97 Å². The zero-order valence-electron chi connectivity index (χ0n) is 13.9. The number of carbonyl (C=O) groups excluding carboxylic acids is 1. The van der Waals surface area contributed by atoms with Gasteiger partial charge in [0.2, 0.25) is 0 Å². The topological polar surface area (TPSA) is 44.8 Å². The molecule has 2 aromatic carbocycles. The smallest absolute Gasteiger partial charge is 0.309 e. The molecule has 1 heterocycles. The first kappa shape index (κ1) is 16.4. The molecule has 4 heteroatoms. The van der Waals surface area contributed by atoms with Crippen LogP contribution < -0.4 is 9.47 Å². The molecule has 1 atom stereocenters. The van der Waals surface area contributed by atoms with Gasteiger partial charge in [0.25, 0.3) is 0 Å². The van der Waals surface area contributed by atoms with Crippen LogP contribution in [0.4, 0.5) is 0 Å². The Morgan fingerprint density at radius 1 is 1.21 bits per heavy atom. The quantitative estimate of drug-likeness (QED) is 0.755. The van der Waals surface area contributed by atoms with E-state index in [4.69, 9.17) is 14.2 Å². The van der Waals surface area contributed by atoms with Gasteiger partial charge in [-0.1, -0.05) is 36.4 Å². The molecule has 0 saturated carbocycles. The van der Waals surface area contributed by atoms with Crippen molar-refractivity contribution in [3.05, 3.63) is 59.7 Å². The molecular formula is C20H22O4. The van der Waals surface area contributed by atoms with E-state index in [1.54, 1.807) is 0 Å². The fourth-order valence-corrected chi connectivity index (χ4v) is 2.79. The molecule has 0 aromatic heterocycles. The maximum Gasteiger partial charge on any atom is 0.309 e. The van der Waals surface area contributed by atoms with E-state index in [2.05, 4.69) is 0 Å². The summed E-state index contributed by atoms with van der Waals surface area (Å²) in [5.74, 6) is 1.37. The van der Waals surface area contributed by atoms with Gasteiger partial charge in [0.15, 0.2) is 0 Å². The van der Waals surface area contributed by atoms with Crippen molar-refractivity contribution >= 4 is 5.97 Å². The van der Waals surface area contributed by atoms with Crippen LogP contribution in [-0.2, 0) is 22.6 Å². The first-order valence-corrected chi connectivity index (χ1v) is 8.36. The SMILES string of the molecule is CCOC(=O)CC1CCc2ccc(OCc3ccccc3)cc2O1. The number of ether oxygens (including phenoxy) is 3. The van der Waals surface area contributed by atoms with Crippen LogP contribution in [0.1, 0.15) is 30.9 Å². The second-order valence-corrected chi connectivity index (χ2v) is 5.83. The Morgan fingerprint density at radius 3 is 2.83 bits per heavy atom. The summed E-state index contributed by atoms with van der Waals surface area (Å²) in [5, 5.41) is 0. The van der Waals surface area contributed by atoms with Gasteiger partial charge in [-0.05, 0) is 37.0 Å². The second kappa shape index (κ2) is 7.86. The molecule has 0 amide bonds. The van der Waals surface area contributed by atoms with Crippen LogP contribution in [0.25, 0.3) is 0 Å². The molecule has 0 N–H and O–H groups in total. The normalized spacial score (nSPS) is 16.0. The van der Waals surface area contributed by atoms with E-state index in [0.717, 1.165) is 35.5 Å². The van der Waals surface area contributed by atoms with E-state index < -0.39 is 0 Å². The Kier molecular flexibility index (Phi) is 5.36. The fourth-order valence-electron chi connectivity index (χ4n) is 2.79. The summed E-state index contributed by atoms with van der Waals surface area (Å²) >= 11 is 0. The minimum absolute atomic E-state index is 0.124. The Balaban J connectivity index is 1.61. The maximum atomic E-state index is 11.6. The minimum Gasteiger partial charge on any atom is -0.489 e. The van der Waals surface area contributed by atoms with Gasteiger partial charge in [-0.15, -0.1) is 0 Å². The summed E-state index contributed by atoms with van der Waals surface area (Å²) in [6.07, 6.45) is 1.90. The number of hydrogen-bond acceptors (Lipinski definition) is 4. The lowest BCUT2D eigenvalue weighted by atomic mass is 10.0. The molecule has 4 nitrogen and oxygen atoms in total. The molecule has 1 aliphatic heterocycles. The van der Waals surface area contributed by atoms with Crippen LogP contribution in [0, 0.1) is 0 Å². The molecule has 0 saturated heterocycles. The zero-order chi connectivity index (χ0) is 16.8. The third-order valence-electron chi connectivity index (χ3n) is 4.02. The second-order valence-electron chi connectivity index (χ2n) is 5.83. The molecule has 1 unspecified atom stereocenters. The van der Waals surface area contributed by atoms with Crippen LogP contribution >= 0.6 is 0 Å². The summed E-state index contributed by atoms with van der Waals surface area (Å²) < 4.78 is 16.8. The van der Waals surface area contributed by atoms with Crippen molar-refractivity contribution in [2.75, 3.05) is 6.61 Å². The summed E-state index contributed by atoms with van der Waals surface area (Å²) in [4.78, 5) is 11.6. The van der Waals surface area contributed by atoms with Crippen LogP contribution in [0.3, 0.4) is 0 Å². The lowest BCUT2D eigenvalue weighted by molar-refractivity contribution is -0.145. The van der Waals surface area contributed by atoms with E-state index in [9.17, 15) is 4.79 Å². The lowest BCUT2D eigenvalue weighted by Gasteiger charge is -2.26. The molecule has 0 radical (unpaired) electrons. The number of hydrogen-bond donors (Lipinski definition) is 0. The van der Waals surface area contributed by atoms with Gasteiger partial charge in [0, 0.05) is 6.07 Å². The molecule has 2 aromatic rings. The predicted octanol–water partition coefficient (Wildman–Crippen LogP) is 3.91. The van der Waals surface area contributed by atoms with Crippen molar-refractivity contribution in [2.24, 2.45) is 0 Å². The fraction of sp³-hybridized carbons (Fsp3) is 0.350. The Labute approximate surface area is 142 Å². The molecule has 0 aliphatic carbocycles. The number of esters is 1. The van der Waals surface area contributed by atoms with Crippen molar-refractivity contribution < 1.29 is 19.0 Å². The molecule has 0 fully saturated rings. The standard InChI is InChI=1S/C20H22O4/c1-2-22-20(21)13-18-11-9-16-8-10-17(12-19(16)24-18)23-14-15-6-4-3-5-7-15/h3-8,10,12,18H,2,9,11,13-14H2,1H3. The van der Waals surface area contributed by atoms with Crippen molar-refractivity contribution in [2.45, 2.75) is 38.9 Å². The van der Waals surface area contributed by atoms with Crippen LogP contribution in [0.5, 0.6) is 11.5 Å². The van der Waals surface area contributed by atoms with E-state index in [1.165, 1.54) is 0 Å². The zero-order valence-corrected chi connectivity index (χ0v) is 13.9. The highest BCUT2D eigenvalue weighted by molar-refractivity contribution is 5.70. The van der Waals surface area contributed by atoms with Crippen LogP contribution in [0.15, 0.2) is 48.5 Å². The van der Waals surface area contributed by atoms with Crippen molar-refractivity contribution in [3.8, 4) is 11.5 Å². The van der Waals surface area contributed by atoms with Gasteiger partial charge in [0.05, 0.1) is 13.0 Å². The monoisotopic (exact) mass is 326 g/mol. The number of rotatable bonds is 6. The molecule has 24 heavy (non-hydrogen) atoms. The third-order valence-corrected chi connectivity index (χ3v) is 4.02. The maximum absolute atomic E-state index is 11.6. The first-order chi connectivity index (χ1) is 11.7. The van der Waals surface area contributed by atoms with Crippen molar-refractivity contribution in [3.63, 3.8) is 0 Å². The molecule has 0 spiro atoms. The summed E-state index contributed by atoms with van der Waals surface area (Å²) in [6.45, 7) is 2.73. The summed E-state index contributed by atoms with van der Waals surface area (Å²) in [7, 11) is 0. The molecule has 1 aliphatic rings. The number of fused-ring (bicyclic) bond motifs is 1. The van der Waals surface area contributed by atoms with Gasteiger partial charge in [-0.25, -0.2) is 0 Å². The number of carbonyl (C=O) groups is 1. The minimum atomic E-state index is -0.206. The van der Waals surface area contributed by atoms with Crippen LogP contribution in [-0.4, -0.2) is 18.7 Å². The molecule has 3 rings (SSSR count). The third kappa shape index (κ3) is 4.28. The average Bonchev–Trinajstić information content (AvgIpc) is 2.60. The van der Waals surface area contributed by atoms with Gasteiger partial charge < -0.3 is 14.2 Å². The number of benzene rings is 2. The Morgan fingerprint density at radius 2 is 2.04 bits per heavy atom. The highest BCUT2D eigenvalue weighted by atomic mass is 16.5. The van der Waals surface area contributed by atoms with E-state index in [0.29, 0.717) is 19.6 Å². The molecule has 0 bridgehead atoms. The summed E-state index contributed by atoms with van der Waals surface area (Å²) in [6, 6.07) is 16.0. The van der Waals surface area contributed by atoms with Crippen molar-refractivity contribution in [1.82, 2.24) is 0 Å². The number of aryl methyl sites for hydroxylation is 1. The molecular weight excluding hydrogens is 304 g/mol. The van der Waals surface area contributed by atoms with Crippen LogP contribution in [0.2, 0.25) is 0 Å². The largest absolute Gasteiger partial charge is 0.489 e. The van der Waals surface area contributed by atoms with Gasteiger partial charge in [0.1, 0.15) is 24.2 Å². The average molecular weight is 326 g/mol. The first-order valence-electron chi connectivity index (χ1n) is 8.36. The van der Waals surface area contributed by atoms with E-state index in [1.807, 2.05) is 55.5 Å². The highest BCUT2D eigenvalue weighted by Gasteiger charge is 2.23. The molecule has 126 valence electrons. The van der Waals surface area contributed by atoms with Gasteiger partial charge in [-0.3, -0.25) is 4.79 Å².